The summed E-state index contributed by atoms with van der Waals surface area (Å²) < 4.78 is 20.1. The molecule has 142 valence electrons. The molecule has 0 bridgehead atoms. The Hall–Kier alpha value is -1.92. The molecular weight excluding hydrogens is 333 g/mol. The molecule has 1 aromatic rings. The summed E-state index contributed by atoms with van der Waals surface area (Å²) in [6, 6.07) is 4.42. The van der Waals surface area contributed by atoms with Crippen LogP contribution in [-0.4, -0.2) is 47.8 Å². The number of amidine groups is 1. The zero-order valence-corrected chi connectivity index (χ0v) is 16.2. The fourth-order valence-corrected chi connectivity index (χ4v) is 3.63. The smallest absolute Gasteiger partial charge is 0.211 e. The van der Waals surface area contributed by atoms with Gasteiger partial charge in [-0.15, -0.1) is 0 Å². The molecule has 2 heterocycles. The van der Waals surface area contributed by atoms with Crippen molar-refractivity contribution in [2.45, 2.75) is 46.2 Å². The van der Waals surface area contributed by atoms with Crippen molar-refractivity contribution in [3.63, 3.8) is 0 Å². The maximum absolute atomic E-state index is 14.4. The van der Waals surface area contributed by atoms with Crippen molar-refractivity contribution in [2.75, 3.05) is 20.7 Å². The second-order valence-corrected chi connectivity index (χ2v) is 8.17. The molecule has 2 unspecified atom stereocenters. The van der Waals surface area contributed by atoms with E-state index in [1.54, 1.807) is 19.2 Å². The van der Waals surface area contributed by atoms with Gasteiger partial charge in [0.15, 0.2) is 5.84 Å². The van der Waals surface area contributed by atoms with E-state index >= 15 is 0 Å². The molecule has 1 aromatic carbocycles. The van der Waals surface area contributed by atoms with Gasteiger partial charge in [-0.3, -0.25) is 4.99 Å². The number of dihydropyridines is 1. The summed E-state index contributed by atoms with van der Waals surface area (Å²) in [7, 11) is 3.64. The zero-order valence-electron chi connectivity index (χ0n) is 16.2. The molecule has 0 aliphatic carbocycles. The summed E-state index contributed by atoms with van der Waals surface area (Å²) >= 11 is 0. The van der Waals surface area contributed by atoms with Gasteiger partial charge in [-0.25, -0.2) is 4.39 Å². The molecule has 26 heavy (non-hydrogen) atoms. The molecule has 2 atom stereocenters. The van der Waals surface area contributed by atoms with Crippen LogP contribution in [0.5, 0.6) is 0 Å². The average Bonchev–Trinajstić information content (AvgIpc) is 2.85. The molecule has 1 N–H and O–H groups in total. The van der Waals surface area contributed by atoms with E-state index in [0.29, 0.717) is 17.5 Å². The van der Waals surface area contributed by atoms with Crippen molar-refractivity contribution in [3.8, 4) is 0 Å². The number of fused-ring (bicyclic) bond motifs is 1. The zero-order chi connectivity index (χ0) is 19.1. The molecule has 0 spiro atoms. The summed E-state index contributed by atoms with van der Waals surface area (Å²) in [5.41, 5.74) is 2.37. The van der Waals surface area contributed by atoms with Crippen LogP contribution < -0.4 is 0 Å². The number of aliphatic hydroxyl groups is 1. The van der Waals surface area contributed by atoms with E-state index in [-0.39, 0.29) is 30.2 Å². The Morgan fingerprint density at radius 3 is 2.69 bits per heavy atom. The van der Waals surface area contributed by atoms with Crippen molar-refractivity contribution in [2.24, 2.45) is 10.4 Å². The first-order valence-electron chi connectivity index (χ1n) is 8.95. The van der Waals surface area contributed by atoms with Gasteiger partial charge in [-0.1, -0.05) is 32.9 Å². The number of hydrogen-bond acceptors (Lipinski definition) is 5. The van der Waals surface area contributed by atoms with Gasteiger partial charge in [0.1, 0.15) is 5.82 Å². The minimum atomic E-state index is -0.296. The van der Waals surface area contributed by atoms with Crippen LogP contribution in [0.4, 0.5) is 4.39 Å². The SMILES string of the molecule is COC1N(C)C2=NC(c3cc(CO)ccc3F)CC=C2N1CC(C)(C)C. The number of aliphatic imine (C=N–C) groups is 1. The van der Waals surface area contributed by atoms with Crippen LogP contribution in [0.25, 0.3) is 0 Å². The lowest BCUT2D eigenvalue weighted by molar-refractivity contribution is -0.0714. The van der Waals surface area contributed by atoms with Gasteiger partial charge in [-0.05, 0) is 29.5 Å². The predicted molar refractivity (Wildman–Crippen MR) is 99.9 cm³/mol. The minimum absolute atomic E-state index is 0.103. The maximum atomic E-state index is 14.4. The fourth-order valence-electron chi connectivity index (χ4n) is 3.63. The highest BCUT2D eigenvalue weighted by Crippen LogP contribution is 2.37. The maximum Gasteiger partial charge on any atom is 0.211 e. The van der Waals surface area contributed by atoms with E-state index in [9.17, 15) is 9.50 Å². The summed E-state index contributed by atoms with van der Waals surface area (Å²) in [5.74, 6) is 0.537. The first kappa shape index (κ1) is 18.9. The Morgan fingerprint density at radius 1 is 1.35 bits per heavy atom. The molecule has 0 radical (unpaired) electrons. The average molecular weight is 361 g/mol. The highest BCUT2D eigenvalue weighted by Gasteiger charge is 2.41. The van der Waals surface area contributed by atoms with Crippen LogP contribution in [0, 0.1) is 11.2 Å². The largest absolute Gasteiger partial charge is 0.392 e. The van der Waals surface area contributed by atoms with Crippen LogP contribution in [0.3, 0.4) is 0 Å². The Labute approximate surface area is 154 Å². The van der Waals surface area contributed by atoms with Crippen molar-refractivity contribution in [3.05, 3.63) is 46.9 Å². The van der Waals surface area contributed by atoms with E-state index in [0.717, 1.165) is 18.1 Å². The molecule has 5 nitrogen and oxygen atoms in total. The molecule has 6 heteroatoms. The number of likely N-dealkylation sites (N-methyl/N-ethyl adjacent to an activating group) is 1. The molecule has 0 amide bonds. The number of halogens is 1. The summed E-state index contributed by atoms with van der Waals surface area (Å²) in [6.45, 7) is 7.30. The Balaban J connectivity index is 1.95. The Morgan fingerprint density at radius 2 is 2.08 bits per heavy atom. The lowest BCUT2D eigenvalue weighted by atomic mass is 9.95. The van der Waals surface area contributed by atoms with Crippen LogP contribution in [0.2, 0.25) is 0 Å². The fraction of sp³-hybridized carbons (Fsp3) is 0.550. The van der Waals surface area contributed by atoms with E-state index in [1.807, 2.05) is 11.9 Å². The lowest BCUT2D eigenvalue weighted by Gasteiger charge is -2.33. The van der Waals surface area contributed by atoms with Crippen molar-refractivity contribution in [1.82, 2.24) is 9.80 Å². The van der Waals surface area contributed by atoms with Crippen LogP contribution in [-0.2, 0) is 11.3 Å². The van der Waals surface area contributed by atoms with E-state index in [4.69, 9.17) is 9.73 Å². The quantitative estimate of drug-likeness (QED) is 0.894. The Bertz CT molecular complexity index is 739. The topological polar surface area (TPSA) is 48.3 Å². The van der Waals surface area contributed by atoms with E-state index in [1.165, 1.54) is 6.07 Å². The normalized spacial score (nSPS) is 23.0. The molecule has 2 aliphatic rings. The predicted octanol–water partition coefficient (Wildman–Crippen LogP) is 3.27. The summed E-state index contributed by atoms with van der Waals surface area (Å²) in [6.07, 6.45) is 2.53. The van der Waals surface area contributed by atoms with Crippen molar-refractivity contribution in [1.29, 1.82) is 0 Å². The third-order valence-corrected chi connectivity index (χ3v) is 4.74. The van der Waals surface area contributed by atoms with Gasteiger partial charge in [-0.2, -0.15) is 0 Å². The number of ether oxygens (including phenoxy) is 1. The van der Waals surface area contributed by atoms with Gasteiger partial charge in [0.2, 0.25) is 6.35 Å². The first-order valence-corrected chi connectivity index (χ1v) is 8.95. The number of methoxy groups -OCH3 is 1. The summed E-state index contributed by atoms with van der Waals surface area (Å²) in [5, 5.41) is 9.35. The van der Waals surface area contributed by atoms with E-state index in [2.05, 4.69) is 31.7 Å². The third kappa shape index (κ3) is 3.48. The Kier molecular flexibility index (Phi) is 5.08. The van der Waals surface area contributed by atoms with Crippen molar-refractivity contribution < 1.29 is 14.2 Å². The van der Waals surface area contributed by atoms with Gasteiger partial charge in [0, 0.05) is 26.3 Å². The third-order valence-electron chi connectivity index (χ3n) is 4.74. The first-order chi connectivity index (χ1) is 12.2. The number of rotatable bonds is 4. The van der Waals surface area contributed by atoms with Crippen LogP contribution in [0.15, 0.2) is 35.0 Å². The molecule has 1 saturated heterocycles. The highest BCUT2D eigenvalue weighted by atomic mass is 19.1. The lowest BCUT2D eigenvalue weighted by Crippen LogP contribution is -2.42. The monoisotopic (exact) mass is 361 g/mol. The number of hydrogen-bond donors (Lipinski definition) is 1. The molecule has 0 aromatic heterocycles. The second-order valence-electron chi connectivity index (χ2n) is 8.17. The van der Waals surface area contributed by atoms with Crippen LogP contribution >= 0.6 is 0 Å². The molecule has 3 rings (SSSR count). The standard InChI is InChI=1S/C20H28FN3O2/c1-20(2,3)12-24-17-9-8-16(22-18(17)23(4)19(24)26-5)14-10-13(11-25)6-7-15(14)21/h6-7,9-10,16,19,25H,8,11-12H2,1-5H3. The van der Waals surface area contributed by atoms with Gasteiger partial charge >= 0.3 is 0 Å². The van der Waals surface area contributed by atoms with E-state index < -0.39 is 0 Å². The number of aliphatic hydroxyl groups excluding tert-OH is 1. The summed E-state index contributed by atoms with van der Waals surface area (Å²) in [4.78, 5) is 9.06. The molecule has 1 fully saturated rings. The highest BCUT2D eigenvalue weighted by molar-refractivity contribution is 6.00. The van der Waals surface area contributed by atoms with Crippen LogP contribution in [0.1, 0.15) is 44.4 Å². The second kappa shape index (κ2) is 7.00. The molecule has 0 saturated carbocycles. The molecule has 2 aliphatic heterocycles. The van der Waals surface area contributed by atoms with Crippen molar-refractivity contribution >= 4 is 5.84 Å². The minimum Gasteiger partial charge on any atom is -0.392 e. The number of benzene rings is 1. The van der Waals surface area contributed by atoms with Gasteiger partial charge < -0.3 is 19.6 Å². The number of nitrogens with zero attached hydrogens (tertiary/aromatic N) is 3. The van der Waals surface area contributed by atoms with Gasteiger partial charge in [0.05, 0.1) is 18.3 Å². The van der Waals surface area contributed by atoms with Gasteiger partial charge in [0.25, 0.3) is 0 Å². The molecular formula is C20H28FN3O2.